The second kappa shape index (κ2) is 4.36. The standard InChI is InChI=1S/C18H20F2O2/c1-17-6-5-13-12(14(17)9-15(19)16(17)22)3-2-10-8-11(21)4-7-18(10,13)20/h4,7-8,12-15H,2-3,5-6,9H2,1H3/t12-,13+,14+,15?,17+,18-/m1/s1. The molecule has 0 amide bonds. The van der Waals surface area contributed by atoms with Crippen molar-refractivity contribution in [1.29, 1.82) is 0 Å². The van der Waals surface area contributed by atoms with Crippen LogP contribution in [0.2, 0.25) is 0 Å². The highest BCUT2D eigenvalue weighted by molar-refractivity contribution is 6.01. The molecular formula is C18H20F2O2. The van der Waals surface area contributed by atoms with Crippen LogP contribution in [0.25, 0.3) is 0 Å². The Morgan fingerprint density at radius 1 is 1.23 bits per heavy atom. The molecule has 0 aromatic carbocycles. The molecule has 0 aromatic rings. The van der Waals surface area contributed by atoms with Gasteiger partial charge >= 0.3 is 0 Å². The van der Waals surface area contributed by atoms with Crippen LogP contribution in [0.15, 0.2) is 23.8 Å². The molecule has 0 N–H and O–H groups in total. The van der Waals surface area contributed by atoms with E-state index in [0.717, 1.165) is 6.42 Å². The van der Waals surface area contributed by atoms with Gasteiger partial charge in [-0.1, -0.05) is 6.92 Å². The summed E-state index contributed by atoms with van der Waals surface area (Å²) >= 11 is 0. The van der Waals surface area contributed by atoms with Crippen molar-refractivity contribution in [2.24, 2.45) is 23.2 Å². The number of rotatable bonds is 0. The van der Waals surface area contributed by atoms with Crippen molar-refractivity contribution in [2.45, 2.75) is 50.9 Å². The zero-order chi connectivity index (χ0) is 15.7. The lowest BCUT2D eigenvalue weighted by atomic mass is 9.52. The normalized spacial score (nSPS) is 50.2. The zero-order valence-electron chi connectivity index (χ0n) is 12.6. The fourth-order valence-corrected chi connectivity index (χ4v) is 5.55. The third kappa shape index (κ3) is 1.64. The molecule has 0 radical (unpaired) electrons. The van der Waals surface area contributed by atoms with Gasteiger partial charge in [0.25, 0.3) is 0 Å². The smallest absolute Gasteiger partial charge is 0.178 e. The van der Waals surface area contributed by atoms with Gasteiger partial charge in [-0.05, 0) is 67.7 Å². The number of carbonyl (C=O) groups is 2. The number of halogens is 2. The first-order chi connectivity index (χ1) is 10.4. The van der Waals surface area contributed by atoms with Gasteiger partial charge in [0.15, 0.2) is 23.4 Å². The van der Waals surface area contributed by atoms with Crippen molar-refractivity contribution >= 4 is 11.6 Å². The Balaban J connectivity index is 1.72. The number of allylic oxidation sites excluding steroid dienone is 4. The van der Waals surface area contributed by atoms with Gasteiger partial charge in [-0.25, -0.2) is 8.78 Å². The van der Waals surface area contributed by atoms with Crippen LogP contribution in [0.4, 0.5) is 8.78 Å². The summed E-state index contributed by atoms with van der Waals surface area (Å²) in [5, 5.41) is 0. The monoisotopic (exact) mass is 306 g/mol. The Bertz CT molecular complexity index is 623. The molecule has 3 saturated carbocycles. The highest BCUT2D eigenvalue weighted by atomic mass is 19.1. The summed E-state index contributed by atoms with van der Waals surface area (Å²) in [6.07, 6.45) is 5.45. The van der Waals surface area contributed by atoms with Crippen LogP contribution in [-0.2, 0) is 9.59 Å². The fourth-order valence-electron chi connectivity index (χ4n) is 5.55. The fraction of sp³-hybridized carbons (Fsp3) is 0.667. The Kier molecular flexibility index (Phi) is 2.83. The van der Waals surface area contributed by atoms with Crippen molar-refractivity contribution in [1.82, 2.24) is 0 Å². The van der Waals surface area contributed by atoms with Crippen LogP contribution in [-0.4, -0.2) is 23.4 Å². The highest BCUT2D eigenvalue weighted by Crippen LogP contribution is 2.62. The minimum absolute atomic E-state index is 0.0310. The number of hydrogen-bond donors (Lipinski definition) is 0. The summed E-state index contributed by atoms with van der Waals surface area (Å²) in [7, 11) is 0. The molecule has 3 fully saturated rings. The molecule has 4 aliphatic carbocycles. The molecule has 118 valence electrons. The maximum Gasteiger partial charge on any atom is 0.178 e. The largest absolute Gasteiger partial charge is 0.296 e. The van der Waals surface area contributed by atoms with E-state index in [-0.39, 0.29) is 35.7 Å². The molecule has 0 aromatic heterocycles. The second-order valence-electron chi connectivity index (χ2n) is 7.61. The van der Waals surface area contributed by atoms with Crippen LogP contribution in [0, 0.1) is 23.2 Å². The molecule has 4 rings (SSSR count). The van der Waals surface area contributed by atoms with Crippen LogP contribution in [0.3, 0.4) is 0 Å². The van der Waals surface area contributed by atoms with Gasteiger partial charge in [0.1, 0.15) is 0 Å². The number of carbonyl (C=O) groups excluding carboxylic acids is 2. The minimum Gasteiger partial charge on any atom is -0.296 e. The van der Waals surface area contributed by atoms with E-state index in [4.69, 9.17) is 0 Å². The lowest BCUT2D eigenvalue weighted by Crippen LogP contribution is -2.52. The van der Waals surface area contributed by atoms with E-state index in [1.165, 1.54) is 18.2 Å². The Labute approximate surface area is 128 Å². The average Bonchev–Trinajstić information content (AvgIpc) is 2.72. The summed E-state index contributed by atoms with van der Waals surface area (Å²) in [6, 6.07) is 0. The van der Waals surface area contributed by atoms with Gasteiger partial charge in [-0.15, -0.1) is 0 Å². The van der Waals surface area contributed by atoms with Gasteiger partial charge < -0.3 is 0 Å². The molecule has 0 aliphatic heterocycles. The lowest BCUT2D eigenvalue weighted by Gasteiger charge is -2.53. The quantitative estimate of drug-likeness (QED) is 0.686. The minimum atomic E-state index is -1.57. The third-order valence-corrected chi connectivity index (χ3v) is 6.72. The van der Waals surface area contributed by atoms with Crippen molar-refractivity contribution in [3.63, 3.8) is 0 Å². The first-order valence-electron chi connectivity index (χ1n) is 8.18. The maximum absolute atomic E-state index is 15.6. The van der Waals surface area contributed by atoms with Gasteiger partial charge in [-0.2, -0.15) is 0 Å². The van der Waals surface area contributed by atoms with Gasteiger partial charge in [-0.3, -0.25) is 9.59 Å². The first kappa shape index (κ1) is 14.3. The molecule has 2 nitrogen and oxygen atoms in total. The molecule has 0 saturated heterocycles. The van der Waals surface area contributed by atoms with Crippen LogP contribution >= 0.6 is 0 Å². The van der Waals surface area contributed by atoms with E-state index in [1.54, 1.807) is 0 Å². The van der Waals surface area contributed by atoms with Crippen molar-refractivity contribution in [3.05, 3.63) is 23.8 Å². The topological polar surface area (TPSA) is 34.1 Å². The Morgan fingerprint density at radius 2 is 2.00 bits per heavy atom. The van der Waals surface area contributed by atoms with E-state index in [1.807, 2.05) is 6.92 Å². The number of ketones is 2. The number of fused-ring (bicyclic) bond motifs is 5. The predicted molar refractivity (Wildman–Crippen MR) is 77.6 cm³/mol. The van der Waals surface area contributed by atoms with E-state index >= 15 is 4.39 Å². The molecule has 1 unspecified atom stereocenters. The van der Waals surface area contributed by atoms with Crippen LogP contribution in [0.5, 0.6) is 0 Å². The molecule has 0 spiro atoms. The van der Waals surface area contributed by atoms with E-state index < -0.39 is 17.3 Å². The summed E-state index contributed by atoms with van der Waals surface area (Å²) in [5.74, 6) is -0.688. The van der Waals surface area contributed by atoms with Crippen molar-refractivity contribution in [2.75, 3.05) is 0 Å². The molecule has 6 atom stereocenters. The lowest BCUT2D eigenvalue weighted by molar-refractivity contribution is -0.134. The van der Waals surface area contributed by atoms with Gasteiger partial charge in [0.05, 0.1) is 0 Å². The SMILES string of the molecule is C[C@]12CC[C@H]3[C@@H](CCC4=CC(=O)C=C[C@@]43F)[C@@H]1CC(F)C2=O. The molecule has 4 aliphatic rings. The van der Waals surface area contributed by atoms with Gasteiger partial charge in [0.2, 0.25) is 0 Å². The third-order valence-electron chi connectivity index (χ3n) is 6.72. The second-order valence-corrected chi connectivity index (χ2v) is 7.61. The summed E-state index contributed by atoms with van der Waals surface area (Å²) in [5.41, 5.74) is -1.62. The van der Waals surface area contributed by atoms with E-state index in [0.29, 0.717) is 24.8 Å². The van der Waals surface area contributed by atoms with Gasteiger partial charge in [0, 0.05) is 11.3 Å². The number of hydrogen-bond acceptors (Lipinski definition) is 2. The molecule has 0 heterocycles. The maximum atomic E-state index is 15.6. The Morgan fingerprint density at radius 3 is 2.77 bits per heavy atom. The molecule has 0 bridgehead atoms. The average molecular weight is 306 g/mol. The zero-order valence-corrected chi connectivity index (χ0v) is 12.6. The molecule has 22 heavy (non-hydrogen) atoms. The molecule has 4 heteroatoms. The summed E-state index contributed by atoms with van der Waals surface area (Å²) in [4.78, 5) is 23.7. The Hall–Kier alpha value is -1.32. The summed E-state index contributed by atoms with van der Waals surface area (Å²) in [6.45, 7) is 1.87. The van der Waals surface area contributed by atoms with Crippen LogP contribution < -0.4 is 0 Å². The van der Waals surface area contributed by atoms with Crippen molar-refractivity contribution in [3.8, 4) is 0 Å². The number of alkyl halides is 2. The number of Topliss-reactive ketones (excluding diaryl/α,β-unsaturated/α-hetero) is 1. The first-order valence-corrected chi connectivity index (χ1v) is 8.18. The van der Waals surface area contributed by atoms with Crippen LogP contribution in [0.1, 0.15) is 39.0 Å². The van der Waals surface area contributed by atoms with E-state index in [2.05, 4.69) is 0 Å². The van der Waals surface area contributed by atoms with Crippen molar-refractivity contribution < 1.29 is 18.4 Å². The van der Waals surface area contributed by atoms with E-state index in [9.17, 15) is 14.0 Å². The summed E-state index contributed by atoms with van der Waals surface area (Å²) < 4.78 is 29.6. The predicted octanol–water partition coefficient (Wildman–Crippen LogP) is 3.51. The highest BCUT2D eigenvalue weighted by Gasteiger charge is 2.62. The molecular weight excluding hydrogens is 286 g/mol.